The molecular formula is C16H22. The summed E-state index contributed by atoms with van der Waals surface area (Å²) in [5, 5.41) is 0. The molecule has 0 amide bonds. The first-order valence-corrected chi connectivity index (χ1v) is 5.79. The highest BCUT2D eigenvalue weighted by Gasteiger charge is 1.92. The smallest absolute Gasteiger partial charge is 0.0190 e. The van der Waals surface area contributed by atoms with Gasteiger partial charge in [-0.1, -0.05) is 74.6 Å². The van der Waals surface area contributed by atoms with E-state index in [1.54, 1.807) is 0 Å². The molecule has 0 atom stereocenters. The Balaban J connectivity index is 0.00000106. The zero-order chi connectivity index (χ0) is 12.4. The van der Waals surface area contributed by atoms with Crippen LogP contribution in [0.15, 0.2) is 55.1 Å². The van der Waals surface area contributed by atoms with Crippen LogP contribution in [0.5, 0.6) is 0 Å². The van der Waals surface area contributed by atoms with Crippen molar-refractivity contribution in [1.29, 1.82) is 0 Å². The number of rotatable bonds is 3. The van der Waals surface area contributed by atoms with Crippen molar-refractivity contribution in [2.45, 2.75) is 27.7 Å². The first kappa shape index (κ1) is 14.4. The zero-order valence-corrected chi connectivity index (χ0v) is 10.8. The molecule has 16 heavy (non-hydrogen) atoms. The van der Waals surface area contributed by atoms with Crippen LogP contribution < -0.4 is 0 Å². The van der Waals surface area contributed by atoms with Crippen LogP contribution in [0.25, 0.3) is 5.57 Å². The molecule has 0 aliphatic carbocycles. The summed E-state index contributed by atoms with van der Waals surface area (Å²) in [6.07, 6.45) is 8.02. The van der Waals surface area contributed by atoms with Crippen LogP contribution in [0.2, 0.25) is 0 Å². The maximum absolute atomic E-state index is 4.01. The topological polar surface area (TPSA) is 0 Å². The monoisotopic (exact) mass is 214 g/mol. The van der Waals surface area contributed by atoms with E-state index in [0.29, 0.717) is 0 Å². The van der Waals surface area contributed by atoms with E-state index in [4.69, 9.17) is 0 Å². The second kappa shape index (κ2) is 8.72. The third-order valence-corrected chi connectivity index (χ3v) is 2.02. The van der Waals surface area contributed by atoms with E-state index in [9.17, 15) is 0 Å². The molecule has 0 saturated carbocycles. The Bertz CT molecular complexity index is 350. The molecule has 0 nitrogen and oxygen atoms in total. The molecule has 1 rings (SSSR count). The predicted molar refractivity (Wildman–Crippen MR) is 75.5 cm³/mol. The highest BCUT2D eigenvalue weighted by molar-refractivity contribution is 5.72. The maximum Gasteiger partial charge on any atom is -0.0190 e. The summed E-state index contributed by atoms with van der Waals surface area (Å²) in [5.41, 5.74) is 3.50. The molecule has 0 aliphatic heterocycles. The zero-order valence-electron chi connectivity index (χ0n) is 10.8. The molecule has 0 spiro atoms. The lowest BCUT2D eigenvalue weighted by Gasteiger charge is -2.00. The van der Waals surface area contributed by atoms with Gasteiger partial charge in [0.25, 0.3) is 0 Å². The quantitative estimate of drug-likeness (QED) is 0.609. The van der Waals surface area contributed by atoms with Crippen LogP contribution >= 0.6 is 0 Å². The largest absolute Gasteiger partial charge is 0.0912 e. The van der Waals surface area contributed by atoms with Gasteiger partial charge >= 0.3 is 0 Å². The van der Waals surface area contributed by atoms with Crippen molar-refractivity contribution >= 4 is 5.57 Å². The minimum absolute atomic E-state index is 1.04. The van der Waals surface area contributed by atoms with Crippen molar-refractivity contribution in [3.63, 3.8) is 0 Å². The first-order valence-electron chi connectivity index (χ1n) is 5.79. The molecule has 0 heteroatoms. The molecule has 86 valence electrons. The lowest BCUT2D eigenvalue weighted by atomic mass is 10.1. The van der Waals surface area contributed by atoms with E-state index in [0.717, 1.165) is 5.57 Å². The van der Waals surface area contributed by atoms with Crippen LogP contribution in [0.3, 0.4) is 0 Å². The van der Waals surface area contributed by atoms with Crippen LogP contribution in [0, 0.1) is 6.92 Å². The van der Waals surface area contributed by atoms with Crippen molar-refractivity contribution in [3.8, 4) is 0 Å². The number of hydrogen-bond donors (Lipinski definition) is 0. The van der Waals surface area contributed by atoms with E-state index in [1.807, 2.05) is 45.1 Å². The Morgan fingerprint density at radius 3 is 2.12 bits per heavy atom. The molecule has 0 fully saturated rings. The van der Waals surface area contributed by atoms with Gasteiger partial charge in [-0.15, -0.1) is 0 Å². The molecule has 0 bridgehead atoms. The van der Waals surface area contributed by atoms with E-state index in [2.05, 4.69) is 37.8 Å². The minimum Gasteiger partial charge on any atom is -0.0912 e. The number of benzene rings is 1. The summed E-state index contributed by atoms with van der Waals surface area (Å²) < 4.78 is 0. The fraction of sp³-hybridized carbons (Fsp3) is 0.250. The SMILES string of the molecule is C=C(/C=C\C=C/C)c1ccc(C)cc1.CC. The number of allylic oxidation sites excluding steroid dienone is 5. The minimum atomic E-state index is 1.04. The third-order valence-electron chi connectivity index (χ3n) is 2.02. The lowest BCUT2D eigenvalue weighted by molar-refractivity contribution is 1.46. The Hall–Kier alpha value is -1.56. The van der Waals surface area contributed by atoms with Crippen molar-refractivity contribution in [2.75, 3.05) is 0 Å². The lowest BCUT2D eigenvalue weighted by Crippen LogP contribution is -1.78. The standard InChI is InChI=1S/C14H16.C2H6/c1-4-5-6-7-13(3)14-10-8-12(2)9-11-14;1-2/h4-11H,3H2,1-2H3;1-2H3/b5-4-,7-6-;. The first-order chi connectivity index (χ1) is 7.74. The van der Waals surface area contributed by atoms with Crippen LogP contribution in [-0.4, -0.2) is 0 Å². The summed E-state index contributed by atoms with van der Waals surface area (Å²) in [6.45, 7) is 12.1. The Labute approximate surface area is 100 Å². The van der Waals surface area contributed by atoms with Gasteiger partial charge < -0.3 is 0 Å². The molecule has 0 aliphatic rings. The van der Waals surface area contributed by atoms with Crippen LogP contribution in [0.4, 0.5) is 0 Å². The van der Waals surface area contributed by atoms with Gasteiger partial charge in [0.1, 0.15) is 0 Å². The molecule has 0 unspecified atom stereocenters. The van der Waals surface area contributed by atoms with Gasteiger partial charge in [0.15, 0.2) is 0 Å². The maximum atomic E-state index is 4.01. The highest BCUT2D eigenvalue weighted by atomic mass is 14.0. The van der Waals surface area contributed by atoms with E-state index < -0.39 is 0 Å². The van der Waals surface area contributed by atoms with E-state index in [1.165, 1.54) is 11.1 Å². The third kappa shape index (κ3) is 5.35. The summed E-state index contributed by atoms with van der Waals surface area (Å²) in [6, 6.07) is 8.39. The summed E-state index contributed by atoms with van der Waals surface area (Å²) in [4.78, 5) is 0. The van der Waals surface area contributed by atoms with Gasteiger partial charge in [0.2, 0.25) is 0 Å². The molecule has 0 saturated heterocycles. The summed E-state index contributed by atoms with van der Waals surface area (Å²) >= 11 is 0. The predicted octanol–water partition coefficient (Wildman–Crippen LogP) is 5.17. The number of hydrogen-bond acceptors (Lipinski definition) is 0. The van der Waals surface area contributed by atoms with Crippen molar-refractivity contribution in [1.82, 2.24) is 0 Å². The normalized spacial score (nSPS) is 10.2. The van der Waals surface area contributed by atoms with E-state index >= 15 is 0 Å². The average Bonchev–Trinajstić information content (AvgIpc) is 2.33. The molecule has 0 aromatic heterocycles. The number of aryl methyl sites for hydroxylation is 1. The second-order valence-corrected chi connectivity index (χ2v) is 3.28. The molecular weight excluding hydrogens is 192 g/mol. The van der Waals surface area contributed by atoms with Crippen LogP contribution in [-0.2, 0) is 0 Å². The fourth-order valence-corrected chi connectivity index (χ4v) is 1.15. The van der Waals surface area contributed by atoms with Gasteiger partial charge in [-0.3, -0.25) is 0 Å². The van der Waals surface area contributed by atoms with Crippen molar-refractivity contribution in [3.05, 3.63) is 66.3 Å². The average molecular weight is 214 g/mol. The summed E-state index contributed by atoms with van der Waals surface area (Å²) in [7, 11) is 0. The fourth-order valence-electron chi connectivity index (χ4n) is 1.15. The van der Waals surface area contributed by atoms with Gasteiger partial charge in [-0.2, -0.15) is 0 Å². The van der Waals surface area contributed by atoms with Crippen molar-refractivity contribution < 1.29 is 0 Å². The Kier molecular flexibility index (Phi) is 7.87. The van der Waals surface area contributed by atoms with Gasteiger partial charge in [-0.25, -0.2) is 0 Å². The van der Waals surface area contributed by atoms with Gasteiger partial charge in [0.05, 0.1) is 0 Å². The second-order valence-electron chi connectivity index (χ2n) is 3.28. The van der Waals surface area contributed by atoms with Crippen molar-refractivity contribution in [2.24, 2.45) is 0 Å². The van der Waals surface area contributed by atoms with Gasteiger partial charge in [-0.05, 0) is 25.0 Å². The van der Waals surface area contributed by atoms with E-state index in [-0.39, 0.29) is 0 Å². The Morgan fingerprint density at radius 1 is 1.06 bits per heavy atom. The van der Waals surface area contributed by atoms with Gasteiger partial charge in [0, 0.05) is 0 Å². The molecule has 0 N–H and O–H groups in total. The Morgan fingerprint density at radius 2 is 1.62 bits per heavy atom. The highest BCUT2D eigenvalue weighted by Crippen LogP contribution is 2.14. The summed E-state index contributed by atoms with van der Waals surface area (Å²) in [5.74, 6) is 0. The molecule has 1 aromatic carbocycles. The van der Waals surface area contributed by atoms with Crippen LogP contribution in [0.1, 0.15) is 31.9 Å². The molecule has 1 aromatic rings. The molecule has 0 heterocycles. The molecule has 0 radical (unpaired) electrons.